The summed E-state index contributed by atoms with van der Waals surface area (Å²) in [6.45, 7) is 8.80. The number of hydrogen-bond donors (Lipinski definition) is 1. The second-order valence-corrected chi connectivity index (χ2v) is 5.70. The van der Waals surface area contributed by atoms with Gasteiger partial charge in [0.25, 0.3) is 0 Å². The van der Waals surface area contributed by atoms with E-state index in [2.05, 4.69) is 36.2 Å². The summed E-state index contributed by atoms with van der Waals surface area (Å²) in [6, 6.07) is 8.98. The van der Waals surface area contributed by atoms with Gasteiger partial charge in [-0.1, -0.05) is 13.0 Å². The smallest absolute Gasteiger partial charge is 0.0991 e. The summed E-state index contributed by atoms with van der Waals surface area (Å²) in [5, 5.41) is 12.4. The van der Waals surface area contributed by atoms with E-state index in [1.807, 2.05) is 12.1 Å². The van der Waals surface area contributed by atoms with Crippen LogP contribution in [0.5, 0.6) is 0 Å². The molecule has 0 radical (unpaired) electrons. The zero-order chi connectivity index (χ0) is 14.4. The van der Waals surface area contributed by atoms with E-state index in [4.69, 9.17) is 5.26 Å². The number of aryl methyl sites for hydroxylation is 1. The molecule has 3 heteroatoms. The van der Waals surface area contributed by atoms with Crippen molar-refractivity contribution in [3.63, 3.8) is 0 Å². The second kappa shape index (κ2) is 7.42. The molecule has 1 heterocycles. The third-order valence-electron chi connectivity index (χ3n) is 4.18. The van der Waals surface area contributed by atoms with Crippen molar-refractivity contribution in [3.8, 4) is 6.07 Å². The molecule has 0 aliphatic carbocycles. The fourth-order valence-corrected chi connectivity index (χ4v) is 3.01. The molecule has 1 aromatic rings. The number of nitrogens with zero attached hydrogens (tertiary/aromatic N) is 2. The molecule has 0 aromatic heterocycles. The molecule has 1 N–H and O–H groups in total. The van der Waals surface area contributed by atoms with Crippen LogP contribution in [0.3, 0.4) is 0 Å². The van der Waals surface area contributed by atoms with Gasteiger partial charge in [-0.15, -0.1) is 0 Å². The third-order valence-corrected chi connectivity index (χ3v) is 4.18. The van der Waals surface area contributed by atoms with E-state index in [-0.39, 0.29) is 0 Å². The van der Waals surface area contributed by atoms with Gasteiger partial charge in [0.2, 0.25) is 0 Å². The lowest BCUT2D eigenvalue weighted by Gasteiger charge is -2.35. The second-order valence-electron chi connectivity index (χ2n) is 5.70. The fourth-order valence-electron chi connectivity index (χ4n) is 3.01. The van der Waals surface area contributed by atoms with Crippen molar-refractivity contribution in [1.29, 1.82) is 5.26 Å². The SMILES string of the molecule is CCCN(Cc1ccc(C#N)cc1C)C1CCNCC1. The van der Waals surface area contributed by atoms with Gasteiger partial charge in [0.1, 0.15) is 0 Å². The Labute approximate surface area is 122 Å². The molecule has 3 nitrogen and oxygen atoms in total. The van der Waals surface area contributed by atoms with Crippen LogP contribution in [0.2, 0.25) is 0 Å². The highest BCUT2D eigenvalue weighted by Crippen LogP contribution is 2.19. The Hall–Kier alpha value is -1.37. The molecule has 1 aliphatic heterocycles. The summed E-state index contributed by atoms with van der Waals surface area (Å²) in [5.41, 5.74) is 3.35. The molecule has 0 spiro atoms. The molecule has 1 fully saturated rings. The van der Waals surface area contributed by atoms with E-state index in [9.17, 15) is 0 Å². The first-order chi connectivity index (χ1) is 9.74. The largest absolute Gasteiger partial charge is 0.317 e. The minimum atomic E-state index is 0.700. The van der Waals surface area contributed by atoms with Gasteiger partial charge in [-0.3, -0.25) is 4.90 Å². The van der Waals surface area contributed by atoms with Crippen molar-refractivity contribution < 1.29 is 0 Å². The maximum atomic E-state index is 8.96. The van der Waals surface area contributed by atoms with Gasteiger partial charge in [0.15, 0.2) is 0 Å². The quantitative estimate of drug-likeness (QED) is 0.895. The van der Waals surface area contributed by atoms with Crippen molar-refractivity contribution in [2.24, 2.45) is 0 Å². The zero-order valence-electron chi connectivity index (χ0n) is 12.7. The first-order valence-electron chi connectivity index (χ1n) is 7.69. The lowest BCUT2D eigenvalue weighted by Crippen LogP contribution is -2.43. The minimum Gasteiger partial charge on any atom is -0.317 e. The Balaban J connectivity index is 2.09. The molecule has 0 atom stereocenters. The number of benzene rings is 1. The van der Waals surface area contributed by atoms with Crippen molar-refractivity contribution in [3.05, 3.63) is 34.9 Å². The van der Waals surface area contributed by atoms with Crippen molar-refractivity contribution in [2.75, 3.05) is 19.6 Å². The van der Waals surface area contributed by atoms with Gasteiger partial charge in [0, 0.05) is 12.6 Å². The number of rotatable bonds is 5. The van der Waals surface area contributed by atoms with E-state index in [0.717, 1.165) is 31.7 Å². The summed E-state index contributed by atoms with van der Waals surface area (Å²) < 4.78 is 0. The van der Waals surface area contributed by atoms with Gasteiger partial charge in [-0.2, -0.15) is 5.26 Å². The van der Waals surface area contributed by atoms with Crippen LogP contribution in [0.15, 0.2) is 18.2 Å². The third kappa shape index (κ3) is 3.82. The predicted molar refractivity (Wildman–Crippen MR) is 82.5 cm³/mol. The maximum Gasteiger partial charge on any atom is 0.0991 e. The lowest BCUT2D eigenvalue weighted by molar-refractivity contribution is 0.154. The van der Waals surface area contributed by atoms with E-state index >= 15 is 0 Å². The van der Waals surface area contributed by atoms with Crippen LogP contribution in [0.4, 0.5) is 0 Å². The number of nitriles is 1. The molecule has 0 bridgehead atoms. The zero-order valence-corrected chi connectivity index (χ0v) is 12.7. The first-order valence-corrected chi connectivity index (χ1v) is 7.69. The Morgan fingerprint density at radius 3 is 2.70 bits per heavy atom. The summed E-state index contributed by atoms with van der Waals surface area (Å²) >= 11 is 0. The van der Waals surface area contributed by atoms with E-state index in [1.165, 1.54) is 30.4 Å². The monoisotopic (exact) mass is 271 g/mol. The van der Waals surface area contributed by atoms with Crippen molar-refractivity contribution in [1.82, 2.24) is 10.2 Å². The summed E-state index contributed by atoms with van der Waals surface area (Å²) in [5.74, 6) is 0. The fraction of sp³-hybridized carbons (Fsp3) is 0.588. The highest BCUT2D eigenvalue weighted by Gasteiger charge is 2.20. The van der Waals surface area contributed by atoms with Crippen LogP contribution in [0.1, 0.15) is 42.9 Å². The highest BCUT2D eigenvalue weighted by molar-refractivity contribution is 5.37. The molecular formula is C17H25N3. The molecular weight excluding hydrogens is 246 g/mol. The Morgan fingerprint density at radius 1 is 1.35 bits per heavy atom. The van der Waals surface area contributed by atoms with Crippen LogP contribution in [-0.4, -0.2) is 30.6 Å². The van der Waals surface area contributed by atoms with Crippen LogP contribution in [0, 0.1) is 18.3 Å². The summed E-state index contributed by atoms with van der Waals surface area (Å²) in [6.07, 6.45) is 3.68. The van der Waals surface area contributed by atoms with Gasteiger partial charge in [-0.05, 0) is 69.1 Å². The minimum absolute atomic E-state index is 0.700. The Morgan fingerprint density at radius 2 is 2.10 bits per heavy atom. The highest BCUT2D eigenvalue weighted by atomic mass is 15.2. The average molecular weight is 271 g/mol. The van der Waals surface area contributed by atoms with Crippen molar-refractivity contribution >= 4 is 0 Å². The number of nitrogens with one attached hydrogen (secondary N) is 1. The van der Waals surface area contributed by atoms with Crippen LogP contribution in [0.25, 0.3) is 0 Å². The van der Waals surface area contributed by atoms with Gasteiger partial charge in [0.05, 0.1) is 11.6 Å². The molecule has 1 saturated heterocycles. The Bertz CT molecular complexity index is 470. The average Bonchev–Trinajstić information content (AvgIpc) is 2.49. The topological polar surface area (TPSA) is 39.1 Å². The molecule has 1 aliphatic rings. The van der Waals surface area contributed by atoms with E-state index in [0.29, 0.717) is 6.04 Å². The predicted octanol–water partition coefficient (Wildman–Crippen LogP) is 2.83. The lowest BCUT2D eigenvalue weighted by atomic mass is 10.0. The first kappa shape index (κ1) is 15.0. The summed E-state index contributed by atoms with van der Waals surface area (Å²) in [4.78, 5) is 2.62. The Kier molecular flexibility index (Phi) is 5.58. The molecule has 1 aromatic carbocycles. The molecule has 108 valence electrons. The number of hydrogen-bond acceptors (Lipinski definition) is 3. The molecule has 0 amide bonds. The van der Waals surface area contributed by atoms with Gasteiger partial charge < -0.3 is 5.32 Å². The molecule has 0 unspecified atom stereocenters. The van der Waals surface area contributed by atoms with Gasteiger partial charge in [-0.25, -0.2) is 0 Å². The van der Waals surface area contributed by atoms with Crippen LogP contribution < -0.4 is 5.32 Å². The summed E-state index contributed by atoms with van der Waals surface area (Å²) in [7, 11) is 0. The molecule has 0 saturated carbocycles. The van der Waals surface area contributed by atoms with E-state index < -0.39 is 0 Å². The number of piperidine rings is 1. The maximum absolute atomic E-state index is 8.96. The molecule has 2 rings (SSSR count). The standard InChI is InChI=1S/C17H25N3/c1-3-10-20(17-6-8-19-9-7-17)13-16-5-4-15(12-18)11-14(16)2/h4-5,11,17,19H,3,6-10,13H2,1-2H3. The van der Waals surface area contributed by atoms with E-state index in [1.54, 1.807) is 0 Å². The van der Waals surface area contributed by atoms with Crippen molar-refractivity contribution in [2.45, 2.75) is 45.7 Å². The molecule has 20 heavy (non-hydrogen) atoms. The normalized spacial score (nSPS) is 16.3. The van der Waals surface area contributed by atoms with Gasteiger partial charge >= 0.3 is 0 Å². The van der Waals surface area contributed by atoms with Crippen LogP contribution in [-0.2, 0) is 6.54 Å². The van der Waals surface area contributed by atoms with Crippen LogP contribution >= 0.6 is 0 Å².